The maximum atomic E-state index is 13.6. The second-order valence-electron chi connectivity index (χ2n) is 8.81. The molecular formula is C28H29N3O4S. The lowest BCUT2D eigenvalue weighted by molar-refractivity contribution is 0.101. The summed E-state index contributed by atoms with van der Waals surface area (Å²) in [6, 6.07) is 11.7. The number of ketones is 1. The number of aromatic nitrogens is 1. The molecule has 0 saturated carbocycles. The number of thiophene rings is 1. The van der Waals surface area contributed by atoms with Crippen molar-refractivity contribution < 1.29 is 24.9 Å². The molecule has 4 aromatic rings. The highest BCUT2D eigenvalue weighted by Gasteiger charge is 2.23. The number of Topliss-reactive ketones (excluding diaryl/α,β-unsaturated/α-hetero) is 1. The molecule has 0 radical (unpaired) electrons. The first-order valence-electron chi connectivity index (χ1n) is 13.6. The predicted molar refractivity (Wildman–Crippen MR) is 143 cm³/mol. The van der Waals surface area contributed by atoms with Gasteiger partial charge in [-0.15, -0.1) is 11.3 Å². The number of aryl methyl sites for hydroxylation is 1. The molecule has 186 valence electrons. The van der Waals surface area contributed by atoms with Crippen molar-refractivity contribution in [1.82, 2.24) is 9.88 Å². The molecule has 1 aliphatic rings. The van der Waals surface area contributed by atoms with E-state index in [9.17, 15) is 14.7 Å². The highest BCUT2D eigenvalue weighted by molar-refractivity contribution is 7.21. The van der Waals surface area contributed by atoms with Gasteiger partial charge in [-0.2, -0.15) is 0 Å². The van der Waals surface area contributed by atoms with E-state index in [0.29, 0.717) is 50.6 Å². The second kappa shape index (κ2) is 10.1. The number of aliphatic hydroxyl groups is 1. The number of benzene rings is 2. The number of amides is 1. The Kier molecular flexibility index (Phi) is 5.58. The van der Waals surface area contributed by atoms with Crippen molar-refractivity contribution in [2.24, 2.45) is 0 Å². The Morgan fingerprint density at radius 1 is 1.28 bits per heavy atom. The Bertz CT molecular complexity index is 1660. The number of β-amino-alcohol motifs (C(OH)–C–C–N with tert-alkyl or cyclic N) is 1. The number of rotatable bonds is 7. The van der Waals surface area contributed by atoms with Crippen LogP contribution in [-0.2, 0) is 17.8 Å². The Morgan fingerprint density at radius 3 is 2.81 bits per heavy atom. The number of pyridine rings is 1. The highest BCUT2D eigenvalue weighted by Crippen LogP contribution is 2.37. The lowest BCUT2D eigenvalue weighted by Gasteiger charge is -2.17. The Balaban J connectivity index is 1.60. The number of fused-ring (bicyclic) bond motifs is 2. The number of carbonyl (C=O) groups is 2. The van der Waals surface area contributed by atoms with E-state index in [1.165, 1.54) is 26.2 Å². The fraction of sp³-hybridized carbons (Fsp3) is 0.321. The normalized spacial score (nSPS) is 18.6. The van der Waals surface area contributed by atoms with Gasteiger partial charge in [0.05, 0.1) is 25.8 Å². The quantitative estimate of drug-likeness (QED) is 0.345. The average Bonchev–Trinajstić information content (AvgIpc) is 3.51. The molecule has 36 heavy (non-hydrogen) atoms. The number of likely N-dealkylation sites (tertiary alicyclic amines) is 1. The third-order valence-corrected chi connectivity index (χ3v) is 7.60. The molecule has 5 rings (SSSR count). The Morgan fingerprint density at radius 2 is 2.08 bits per heavy atom. The molecular weight excluding hydrogens is 474 g/mol. The van der Waals surface area contributed by atoms with Crippen LogP contribution >= 0.6 is 11.3 Å². The number of methoxy groups -OCH3 is 1. The van der Waals surface area contributed by atoms with Gasteiger partial charge in [-0.1, -0.05) is 24.3 Å². The van der Waals surface area contributed by atoms with Crippen LogP contribution in [0.15, 0.2) is 42.5 Å². The minimum atomic E-state index is -2.14. The smallest absolute Gasteiger partial charge is 0.267 e. The lowest BCUT2D eigenvalue weighted by atomic mass is 10.0. The van der Waals surface area contributed by atoms with Crippen LogP contribution in [0.4, 0.5) is 5.82 Å². The number of hydrogen-bond acceptors (Lipinski definition) is 7. The third-order valence-electron chi connectivity index (χ3n) is 6.27. The number of nitrogens with one attached hydrogen (secondary N) is 1. The van der Waals surface area contributed by atoms with Crippen LogP contribution < -0.4 is 5.32 Å². The average molecular weight is 508 g/mol. The van der Waals surface area contributed by atoms with Gasteiger partial charge < -0.3 is 15.2 Å². The molecule has 7 nitrogen and oxygen atoms in total. The number of aliphatic hydroxyl groups excluding tert-OH is 1. The van der Waals surface area contributed by atoms with Crippen LogP contribution in [0.5, 0.6) is 0 Å². The van der Waals surface area contributed by atoms with Crippen LogP contribution in [0.1, 0.15) is 55.5 Å². The van der Waals surface area contributed by atoms with E-state index in [1.54, 1.807) is 42.2 Å². The molecule has 1 atom stereocenters. The maximum Gasteiger partial charge on any atom is 0.267 e. The van der Waals surface area contributed by atoms with Gasteiger partial charge in [0, 0.05) is 50.5 Å². The van der Waals surface area contributed by atoms with Crippen molar-refractivity contribution in [3.63, 3.8) is 0 Å². The molecule has 1 saturated heterocycles. The topological polar surface area (TPSA) is 91.8 Å². The van der Waals surface area contributed by atoms with Crippen LogP contribution in [0, 0.1) is 6.92 Å². The number of ether oxygens (including phenoxy) is 1. The first-order chi connectivity index (χ1) is 18.8. The first kappa shape index (κ1) is 20.0. The summed E-state index contributed by atoms with van der Waals surface area (Å²) in [5.41, 5.74) is 1.92. The molecule has 8 heteroatoms. The van der Waals surface area contributed by atoms with E-state index in [-0.39, 0.29) is 28.6 Å². The van der Waals surface area contributed by atoms with Crippen LogP contribution in [-0.4, -0.2) is 53.0 Å². The molecule has 0 bridgehead atoms. The van der Waals surface area contributed by atoms with Crippen LogP contribution in [0.3, 0.4) is 0 Å². The van der Waals surface area contributed by atoms with E-state index in [1.807, 2.05) is 0 Å². The summed E-state index contributed by atoms with van der Waals surface area (Å²) in [7, 11) is 1.25. The van der Waals surface area contributed by atoms with Gasteiger partial charge in [-0.3, -0.25) is 14.5 Å². The summed E-state index contributed by atoms with van der Waals surface area (Å²) < 4.78 is 40.0. The minimum Gasteiger partial charge on any atom is -0.392 e. The largest absolute Gasteiger partial charge is 0.392 e. The number of carbonyl (C=O) groups excluding carboxylic acids is 2. The second-order valence-corrected chi connectivity index (χ2v) is 9.83. The van der Waals surface area contributed by atoms with Crippen LogP contribution in [0.25, 0.3) is 21.0 Å². The van der Waals surface area contributed by atoms with E-state index in [2.05, 4.69) is 10.3 Å². The summed E-state index contributed by atoms with van der Waals surface area (Å²) in [4.78, 5) is 32.4. The zero-order valence-electron chi connectivity index (χ0n) is 24.2. The number of hydrogen-bond donors (Lipinski definition) is 2. The monoisotopic (exact) mass is 507 g/mol. The SMILES string of the molecule is [2H]C([2H])(OC)c1ccc(C(C)=O)c2sc(C(=O)Nc3cc(C([2H])([2H])N4CC[C@@H](O)C4)c4ccccc4n3)c(C)c12. The molecule has 0 aliphatic carbocycles. The van der Waals surface area contributed by atoms with Crippen molar-refractivity contribution in [3.8, 4) is 0 Å². The summed E-state index contributed by atoms with van der Waals surface area (Å²) in [6.07, 6.45) is -0.130. The van der Waals surface area contributed by atoms with E-state index in [0.717, 1.165) is 11.3 Å². The molecule has 1 fully saturated rings. The van der Waals surface area contributed by atoms with Gasteiger partial charge in [-0.25, -0.2) is 4.98 Å². The van der Waals surface area contributed by atoms with Gasteiger partial charge in [-0.05, 0) is 55.2 Å². The molecule has 2 N–H and O–H groups in total. The van der Waals surface area contributed by atoms with Crippen molar-refractivity contribution >= 4 is 49.8 Å². The van der Waals surface area contributed by atoms with Crippen LogP contribution in [0.2, 0.25) is 0 Å². The maximum absolute atomic E-state index is 13.6. The molecule has 0 spiro atoms. The summed E-state index contributed by atoms with van der Waals surface area (Å²) >= 11 is 1.09. The predicted octanol–water partition coefficient (Wildman–Crippen LogP) is 4.93. The zero-order chi connectivity index (χ0) is 29.0. The zero-order valence-corrected chi connectivity index (χ0v) is 21.0. The minimum absolute atomic E-state index is 0.151. The first-order valence-corrected chi connectivity index (χ1v) is 12.4. The summed E-state index contributed by atoms with van der Waals surface area (Å²) in [5, 5.41) is 13.9. The van der Waals surface area contributed by atoms with Crippen molar-refractivity contribution in [2.45, 2.75) is 39.4 Å². The molecule has 3 heterocycles. The lowest BCUT2D eigenvalue weighted by Crippen LogP contribution is -2.22. The van der Waals surface area contributed by atoms with Gasteiger partial charge in [0.25, 0.3) is 5.91 Å². The standard InChI is InChI=1S/C28H29N3O4S/c1-16-25-18(15-35-3)8-9-21(17(2)32)27(25)36-26(16)28(34)30-24-12-19(13-31-11-10-20(33)14-31)22-6-4-5-7-23(22)29-24/h4-9,12,20,33H,10-11,13-15H2,1-3H3,(H,29,30,34)/t20-/m1/s1/i13D2,15D2. The Hall–Kier alpha value is -3.17. The van der Waals surface area contributed by atoms with Gasteiger partial charge in [0.1, 0.15) is 5.82 Å². The van der Waals surface area contributed by atoms with Crippen molar-refractivity contribution in [2.75, 3.05) is 25.5 Å². The van der Waals surface area contributed by atoms with E-state index >= 15 is 0 Å². The summed E-state index contributed by atoms with van der Waals surface area (Å²) in [5.74, 6) is -0.570. The number of para-hydroxylation sites is 1. The molecule has 2 aromatic carbocycles. The fourth-order valence-corrected chi connectivity index (χ4v) is 5.85. The number of nitrogens with zero attached hydrogens (tertiary/aromatic N) is 2. The highest BCUT2D eigenvalue weighted by atomic mass is 32.1. The van der Waals surface area contributed by atoms with Gasteiger partial charge in [0.2, 0.25) is 0 Å². The summed E-state index contributed by atoms with van der Waals surface area (Å²) in [6.45, 7) is -0.363. The number of anilines is 1. The van der Waals surface area contributed by atoms with Crippen molar-refractivity contribution in [3.05, 3.63) is 69.6 Å². The van der Waals surface area contributed by atoms with Crippen molar-refractivity contribution in [1.29, 1.82) is 0 Å². The third kappa shape index (κ3) is 4.65. The molecule has 1 aliphatic heterocycles. The van der Waals surface area contributed by atoms with E-state index < -0.39 is 25.1 Å². The Labute approximate surface area is 219 Å². The van der Waals surface area contributed by atoms with E-state index in [4.69, 9.17) is 10.2 Å². The molecule has 0 unspecified atom stereocenters. The fourth-order valence-electron chi connectivity index (χ4n) is 4.56. The van der Waals surface area contributed by atoms with Gasteiger partial charge in [0.15, 0.2) is 5.78 Å². The van der Waals surface area contributed by atoms with Gasteiger partial charge >= 0.3 is 0 Å². The molecule has 1 amide bonds. The molecule has 2 aromatic heterocycles.